The maximum atomic E-state index is 9.94. The second kappa shape index (κ2) is 10.1. The average Bonchev–Trinajstić information content (AvgIpc) is 2.89. The second-order valence-corrected chi connectivity index (χ2v) is 5.12. The van der Waals surface area contributed by atoms with Crippen LogP contribution in [0.4, 0.5) is 0 Å². The molecule has 0 aliphatic heterocycles. The molecule has 4 nitrogen and oxygen atoms in total. The fourth-order valence-electron chi connectivity index (χ4n) is 1.73. The summed E-state index contributed by atoms with van der Waals surface area (Å²) in [5.41, 5.74) is 1.26. The topological polar surface area (TPSA) is 41.9 Å². The summed E-state index contributed by atoms with van der Waals surface area (Å²) >= 11 is 1.68. The van der Waals surface area contributed by atoms with E-state index in [0.717, 1.165) is 13.1 Å². The average molecular weight is 285 g/mol. The number of aliphatic hydroxyl groups excluding tert-OH is 1. The molecule has 0 saturated heterocycles. The zero-order chi connectivity index (χ0) is 13.9. The van der Waals surface area contributed by atoms with E-state index in [0.29, 0.717) is 26.4 Å². The first kappa shape index (κ1) is 16.3. The van der Waals surface area contributed by atoms with Gasteiger partial charge in [0.1, 0.15) is 0 Å². The Hall–Kier alpha value is -0.720. The number of nitrogens with zero attached hydrogens (tertiary/aromatic N) is 1. The van der Waals surface area contributed by atoms with Crippen molar-refractivity contribution in [3.8, 4) is 0 Å². The van der Waals surface area contributed by atoms with Gasteiger partial charge in [0, 0.05) is 26.7 Å². The van der Waals surface area contributed by atoms with E-state index in [1.807, 2.05) is 0 Å². The van der Waals surface area contributed by atoms with Crippen LogP contribution in [0.25, 0.3) is 0 Å². The molecule has 0 spiro atoms. The Kier molecular flexibility index (Phi) is 8.69. The molecule has 1 aromatic rings. The Morgan fingerprint density at radius 2 is 2.42 bits per heavy atom. The van der Waals surface area contributed by atoms with Gasteiger partial charge >= 0.3 is 0 Å². The fourth-order valence-corrected chi connectivity index (χ4v) is 2.39. The van der Waals surface area contributed by atoms with Gasteiger partial charge in [-0.25, -0.2) is 0 Å². The molecule has 0 unspecified atom stereocenters. The minimum absolute atomic E-state index is 0.332. The van der Waals surface area contributed by atoms with E-state index in [9.17, 15) is 5.11 Å². The number of hydrogen-bond donors (Lipinski definition) is 1. The third-order valence-electron chi connectivity index (χ3n) is 2.61. The Morgan fingerprint density at radius 1 is 1.58 bits per heavy atom. The molecule has 0 amide bonds. The molecule has 0 aliphatic rings. The number of hydrogen-bond acceptors (Lipinski definition) is 5. The molecule has 0 saturated carbocycles. The molecule has 1 heterocycles. The Morgan fingerprint density at radius 3 is 3.05 bits per heavy atom. The molecule has 1 N–H and O–H groups in total. The highest BCUT2D eigenvalue weighted by Gasteiger charge is 2.12. The predicted octanol–water partition coefficient (Wildman–Crippen LogP) is 1.76. The quantitative estimate of drug-likeness (QED) is 0.497. The van der Waals surface area contributed by atoms with E-state index >= 15 is 0 Å². The van der Waals surface area contributed by atoms with Crippen molar-refractivity contribution in [2.45, 2.75) is 12.6 Å². The first-order chi connectivity index (χ1) is 9.26. The minimum Gasteiger partial charge on any atom is -0.389 e. The van der Waals surface area contributed by atoms with Crippen LogP contribution in [0.2, 0.25) is 0 Å². The third kappa shape index (κ3) is 7.44. The normalized spacial score (nSPS) is 12.8. The molecule has 108 valence electrons. The summed E-state index contributed by atoms with van der Waals surface area (Å²) in [4.78, 5) is 2.17. The van der Waals surface area contributed by atoms with Crippen molar-refractivity contribution in [3.05, 3.63) is 35.0 Å². The highest BCUT2D eigenvalue weighted by Crippen LogP contribution is 2.10. The van der Waals surface area contributed by atoms with Gasteiger partial charge in [-0.3, -0.25) is 4.90 Å². The van der Waals surface area contributed by atoms with Gasteiger partial charge in [0.15, 0.2) is 0 Å². The SMILES string of the molecule is C=CCOC[C@@H](O)CN(CCOC)Cc1ccsc1. The Balaban J connectivity index is 2.37. The van der Waals surface area contributed by atoms with Crippen LogP contribution < -0.4 is 0 Å². The molecule has 0 bridgehead atoms. The van der Waals surface area contributed by atoms with Gasteiger partial charge in [0.25, 0.3) is 0 Å². The van der Waals surface area contributed by atoms with E-state index in [-0.39, 0.29) is 0 Å². The van der Waals surface area contributed by atoms with Gasteiger partial charge in [0.2, 0.25) is 0 Å². The largest absolute Gasteiger partial charge is 0.389 e. The number of ether oxygens (including phenoxy) is 2. The Bertz CT molecular complexity index is 329. The second-order valence-electron chi connectivity index (χ2n) is 4.34. The summed E-state index contributed by atoms with van der Waals surface area (Å²) in [6.07, 6.45) is 1.19. The van der Waals surface area contributed by atoms with Crippen molar-refractivity contribution in [1.82, 2.24) is 4.90 Å². The summed E-state index contributed by atoms with van der Waals surface area (Å²) in [7, 11) is 1.69. The third-order valence-corrected chi connectivity index (χ3v) is 3.34. The molecule has 0 aliphatic carbocycles. The van der Waals surface area contributed by atoms with Crippen molar-refractivity contribution in [2.24, 2.45) is 0 Å². The lowest BCUT2D eigenvalue weighted by atomic mass is 10.2. The molecule has 5 heteroatoms. The smallest absolute Gasteiger partial charge is 0.0900 e. The predicted molar refractivity (Wildman–Crippen MR) is 78.5 cm³/mol. The zero-order valence-electron chi connectivity index (χ0n) is 11.5. The van der Waals surface area contributed by atoms with Gasteiger partial charge < -0.3 is 14.6 Å². The Labute approximate surface area is 119 Å². The lowest BCUT2D eigenvalue weighted by molar-refractivity contribution is 0.0194. The van der Waals surface area contributed by atoms with Gasteiger partial charge in [0.05, 0.1) is 25.9 Å². The number of thiophene rings is 1. The van der Waals surface area contributed by atoms with Crippen LogP contribution >= 0.6 is 11.3 Å². The van der Waals surface area contributed by atoms with Crippen LogP contribution in [0.5, 0.6) is 0 Å². The number of methoxy groups -OCH3 is 1. The molecule has 1 atom stereocenters. The molecule has 0 radical (unpaired) electrons. The molecule has 0 fully saturated rings. The highest BCUT2D eigenvalue weighted by atomic mass is 32.1. The fraction of sp³-hybridized carbons (Fsp3) is 0.571. The molecular formula is C14H23NO3S. The number of aliphatic hydroxyl groups is 1. The van der Waals surface area contributed by atoms with Crippen LogP contribution in [0.3, 0.4) is 0 Å². The molecular weight excluding hydrogens is 262 g/mol. The van der Waals surface area contributed by atoms with Crippen LogP contribution in [-0.2, 0) is 16.0 Å². The van der Waals surface area contributed by atoms with Gasteiger partial charge in [-0.2, -0.15) is 11.3 Å². The van der Waals surface area contributed by atoms with Crippen LogP contribution in [0.1, 0.15) is 5.56 Å². The van der Waals surface area contributed by atoms with E-state index < -0.39 is 6.10 Å². The van der Waals surface area contributed by atoms with Crippen LogP contribution in [-0.4, -0.2) is 56.1 Å². The first-order valence-corrected chi connectivity index (χ1v) is 7.29. The molecule has 1 rings (SSSR count). The summed E-state index contributed by atoms with van der Waals surface area (Å²) in [5.74, 6) is 0. The van der Waals surface area contributed by atoms with E-state index in [1.54, 1.807) is 24.5 Å². The van der Waals surface area contributed by atoms with Crippen molar-refractivity contribution >= 4 is 11.3 Å². The summed E-state index contributed by atoms with van der Waals surface area (Å²) in [6, 6.07) is 2.10. The summed E-state index contributed by atoms with van der Waals surface area (Å²) < 4.78 is 10.4. The molecule has 1 aromatic heterocycles. The maximum absolute atomic E-state index is 9.94. The van der Waals surface area contributed by atoms with Crippen LogP contribution in [0.15, 0.2) is 29.5 Å². The van der Waals surface area contributed by atoms with E-state index in [2.05, 4.69) is 28.3 Å². The van der Waals surface area contributed by atoms with E-state index in [1.165, 1.54) is 5.56 Å². The molecule has 0 aromatic carbocycles. The zero-order valence-corrected chi connectivity index (χ0v) is 12.3. The molecule has 19 heavy (non-hydrogen) atoms. The van der Waals surface area contributed by atoms with E-state index in [4.69, 9.17) is 9.47 Å². The van der Waals surface area contributed by atoms with Crippen molar-refractivity contribution in [2.75, 3.05) is 40.0 Å². The van der Waals surface area contributed by atoms with Gasteiger partial charge in [-0.1, -0.05) is 6.08 Å². The lowest BCUT2D eigenvalue weighted by Crippen LogP contribution is -2.36. The lowest BCUT2D eigenvalue weighted by Gasteiger charge is -2.24. The van der Waals surface area contributed by atoms with Crippen molar-refractivity contribution < 1.29 is 14.6 Å². The monoisotopic (exact) mass is 285 g/mol. The van der Waals surface area contributed by atoms with Crippen LogP contribution in [0, 0.1) is 0 Å². The maximum Gasteiger partial charge on any atom is 0.0900 e. The van der Waals surface area contributed by atoms with Gasteiger partial charge in [-0.15, -0.1) is 6.58 Å². The van der Waals surface area contributed by atoms with Gasteiger partial charge in [-0.05, 0) is 22.4 Å². The first-order valence-electron chi connectivity index (χ1n) is 6.35. The number of rotatable bonds is 11. The standard InChI is InChI=1S/C14H23NO3S/c1-3-6-18-11-14(16)10-15(5-7-17-2)9-13-4-8-19-12-13/h3-4,8,12,14,16H,1,5-7,9-11H2,2H3/t14-/m0/s1. The highest BCUT2D eigenvalue weighted by molar-refractivity contribution is 7.07. The van der Waals surface area contributed by atoms with Crippen molar-refractivity contribution in [1.29, 1.82) is 0 Å². The minimum atomic E-state index is -0.490. The van der Waals surface area contributed by atoms with Crippen molar-refractivity contribution in [3.63, 3.8) is 0 Å². The summed E-state index contributed by atoms with van der Waals surface area (Å²) in [6.45, 7) is 7.24. The summed E-state index contributed by atoms with van der Waals surface area (Å²) in [5, 5.41) is 14.1.